The lowest BCUT2D eigenvalue weighted by molar-refractivity contribution is -0.402. The molecule has 1 fully saturated rings. The summed E-state index contributed by atoms with van der Waals surface area (Å²) < 4.78 is 4.90. The smallest absolute Gasteiger partial charge is 0.401 e. The van der Waals surface area contributed by atoms with Crippen molar-refractivity contribution in [3.05, 3.63) is 62.9 Å². The molecule has 1 N–H and O–H groups in total. The summed E-state index contributed by atoms with van der Waals surface area (Å²) in [6.45, 7) is 0. The highest BCUT2D eigenvalue weighted by Gasteiger charge is 2.37. The number of carbonyl (C=O) groups excluding carboxylic acids is 3. The van der Waals surface area contributed by atoms with Crippen LogP contribution in [-0.4, -0.2) is 22.8 Å². The van der Waals surface area contributed by atoms with Gasteiger partial charge < -0.3 is 4.42 Å². The molecule has 3 rings (SSSR count). The van der Waals surface area contributed by atoms with Crippen LogP contribution in [0.25, 0.3) is 6.08 Å². The Labute approximate surface area is 144 Å². The van der Waals surface area contributed by atoms with Gasteiger partial charge in [-0.3, -0.25) is 25.0 Å². The standard InChI is InChI=1S/C15H8ClN3O6/c16-8-2-1-3-9(6-8)18-14(21)11(13(20)17-15(18)22)7-10-4-5-12(25-10)19(23)24/h1-7H,(H,17,20,22)/b11-7+. The maximum atomic E-state index is 12.6. The van der Waals surface area contributed by atoms with Gasteiger partial charge in [0, 0.05) is 5.02 Å². The molecule has 0 bridgehead atoms. The van der Waals surface area contributed by atoms with Crippen molar-refractivity contribution in [2.75, 3.05) is 4.90 Å². The number of hydrogen-bond acceptors (Lipinski definition) is 6. The normalized spacial score (nSPS) is 16.3. The van der Waals surface area contributed by atoms with Crippen molar-refractivity contribution >= 4 is 47.1 Å². The average molecular weight is 362 g/mol. The summed E-state index contributed by atoms with van der Waals surface area (Å²) in [5, 5.41) is 12.9. The number of furan rings is 1. The minimum Gasteiger partial charge on any atom is -0.401 e. The molecule has 0 aliphatic carbocycles. The molecule has 4 amide bonds. The molecule has 1 saturated heterocycles. The van der Waals surface area contributed by atoms with Crippen molar-refractivity contribution in [3.63, 3.8) is 0 Å². The van der Waals surface area contributed by atoms with Crippen molar-refractivity contribution in [1.82, 2.24) is 5.32 Å². The van der Waals surface area contributed by atoms with Crippen molar-refractivity contribution in [2.45, 2.75) is 0 Å². The summed E-state index contributed by atoms with van der Waals surface area (Å²) >= 11 is 5.86. The Hall–Kier alpha value is -3.46. The first-order valence-electron chi connectivity index (χ1n) is 6.78. The van der Waals surface area contributed by atoms with E-state index in [9.17, 15) is 24.5 Å². The van der Waals surface area contributed by atoms with E-state index in [1.165, 1.54) is 24.3 Å². The minimum absolute atomic E-state index is 0.0782. The fraction of sp³-hybridized carbons (Fsp3) is 0. The number of rotatable bonds is 3. The number of halogens is 1. The number of nitrogens with zero attached hydrogens (tertiary/aromatic N) is 2. The molecule has 1 aromatic carbocycles. The van der Waals surface area contributed by atoms with E-state index in [0.29, 0.717) is 5.02 Å². The van der Waals surface area contributed by atoms with Gasteiger partial charge in [0.05, 0.1) is 11.8 Å². The Morgan fingerprint density at radius 2 is 1.96 bits per heavy atom. The lowest BCUT2D eigenvalue weighted by Crippen LogP contribution is -2.54. The van der Waals surface area contributed by atoms with Crippen molar-refractivity contribution in [1.29, 1.82) is 0 Å². The molecule has 0 spiro atoms. The molecule has 2 aromatic rings. The number of benzene rings is 1. The number of nitro groups is 1. The zero-order valence-corrected chi connectivity index (χ0v) is 13.0. The largest absolute Gasteiger partial charge is 0.433 e. The van der Waals surface area contributed by atoms with Crippen molar-refractivity contribution in [2.24, 2.45) is 0 Å². The monoisotopic (exact) mass is 361 g/mol. The van der Waals surface area contributed by atoms with Crippen LogP contribution in [0, 0.1) is 10.1 Å². The zero-order chi connectivity index (χ0) is 18.1. The second-order valence-corrected chi connectivity index (χ2v) is 5.31. The number of anilines is 1. The molecule has 0 atom stereocenters. The van der Waals surface area contributed by atoms with E-state index >= 15 is 0 Å². The highest BCUT2D eigenvalue weighted by Crippen LogP contribution is 2.25. The minimum atomic E-state index is -0.938. The first kappa shape index (κ1) is 16.4. The summed E-state index contributed by atoms with van der Waals surface area (Å²) in [6.07, 6.45) is 1.02. The molecule has 0 radical (unpaired) electrons. The quantitative estimate of drug-likeness (QED) is 0.388. The molecule has 25 heavy (non-hydrogen) atoms. The topological polar surface area (TPSA) is 123 Å². The lowest BCUT2D eigenvalue weighted by Gasteiger charge is -2.26. The molecule has 0 saturated carbocycles. The number of hydrogen-bond donors (Lipinski definition) is 1. The highest BCUT2D eigenvalue weighted by molar-refractivity contribution is 6.39. The van der Waals surface area contributed by atoms with Crippen LogP contribution < -0.4 is 10.2 Å². The molecule has 0 unspecified atom stereocenters. The van der Waals surface area contributed by atoms with E-state index < -0.39 is 34.2 Å². The highest BCUT2D eigenvalue weighted by atomic mass is 35.5. The van der Waals surface area contributed by atoms with Gasteiger partial charge in [-0.05, 0) is 30.3 Å². The third-order valence-electron chi connectivity index (χ3n) is 3.25. The molecule has 10 heteroatoms. The van der Waals surface area contributed by atoms with Crippen LogP contribution in [0.2, 0.25) is 5.02 Å². The number of urea groups is 1. The number of imide groups is 2. The van der Waals surface area contributed by atoms with Gasteiger partial charge in [-0.15, -0.1) is 0 Å². The Balaban J connectivity index is 2.00. The van der Waals surface area contributed by atoms with Crippen molar-refractivity contribution in [3.8, 4) is 0 Å². The van der Waals surface area contributed by atoms with E-state index in [-0.39, 0.29) is 11.4 Å². The summed E-state index contributed by atoms with van der Waals surface area (Å²) in [5.41, 5.74) is -0.248. The maximum absolute atomic E-state index is 12.6. The number of amides is 4. The Morgan fingerprint density at radius 1 is 1.20 bits per heavy atom. The van der Waals surface area contributed by atoms with E-state index in [1.54, 1.807) is 6.07 Å². The van der Waals surface area contributed by atoms with Crippen LogP contribution in [0.15, 0.2) is 46.4 Å². The second-order valence-electron chi connectivity index (χ2n) is 4.87. The lowest BCUT2D eigenvalue weighted by atomic mass is 10.1. The third-order valence-corrected chi connectivity index (χ3v) is 3.48. The SMILES string of the molecule is O=C1NC(=O)N(c2cccc(Cl)c2)C(=O)/C1=C/c1ccc([N+](=O)[O-])o1. The van der Waals surface area contributed by atoms with Gasteiger partial charge in [-0.2, -0.15) is 0 Å². The van der Waals surface area contributed by atoms with E-state index in [2.05, 4.69) is 0 Å². The molecular weight excluding hydrogens is 354 g/mol. The van der Waals surface area contributed by atoms with E-state index in [1.807, 2.05) is 5.32 Å². The molecule has 126 valence electrons. The van der Waals surface area contributed by atoms with Gasteiger partial charge in [0.15, 0.2) is 0 Å². The van der Waals surface area contributed by atoms with Crippen LogP contribution in [0.1, 0.15) is 5.76 Å². The molecule has 1 aliphatic rings. The fourth-order valence-corrected chi connectivity index (χ4v) is 2.35. The predicted molar refractivity (Wildman–Crippen MR) is 85.8 cm³/mol. The Kier molecular flexibility index (Phi) is 4.07. The predicted octanol–water partition coefficient (Wildman–Crippen LogP) is 2.51. The zero-order valence-electron chi connectivity index (χ0n) is 12.3. The van der Waals surface area contributed by atoms with Gasteiger partial charge in [-0.1, -0.05) is 17.7 Å². The van der Waals surface area contributed by atoms with Crippen LogP contribution in [0.3, 0.4) is 0 Å². The first-order valence-corrected chi connectivity index (χ1v) is 7.16. The maximum Gasteiger partial charge on any atom is 0.433 e. The van der Waals surface area contributed by atoms with E-state index in [0.717, 1.165) is 17.0 Å². The van der Waals surface area contributed by atoms with Gasteiger partial charge in [0.1, 0.15) is 16.3 Å². The summed E-state index contributed by atoms with van der Waals surface area (Å²) in [7, 11) is 0. The Bertz CT molecular complexity index is 948. The summed E-state index contributed by atoms with van der Waals surface area (Å²) in [4.78, 5) is 47.1. The first-order chi connectivity index (χ1) is 11.9. The molecular formula is C15H8ClN3O6. The third kappa shape index (κ3) is 3.12. The number of nitrogens with one attached hydrogen (secondary N) is 1. The van der Waals surface area contributed by atoms with Gasteiger partial charge in [0.2, 0.25) is 0 Å². The molecule has 1 aliphatic heterocycles. The van der Waals surface area contributed by atoms with Gasteiger partial charge in [-0.25, -0.2) is 9.69 Å². The van der Waals surface area contributed by atoms with Crippen LogP contribution in [0.4, 0.5) is 16.4 Å². The van der Waals surface area contributed by atoms with Crippen molar-refractivity contribution < 1.29 is 23.7 Å². The fourth-order valence-electron chi connectivity index (χ4n) is 2.17. The van der Waals surface area contributed by atoms with Gasteiger partial charge in [0.25, 0.3) is 11.8 Å². The van der Waals surface area contributed by atoms with Gasteiger partial charge >= 0.3 is 11.9 Å². The molecule has 1 aromatic heterocycles. The van der Waals surface area contributed by atoms with Crippen LogP contribution in [0.5, 0.6) is 0 Å². The average Bonchev–Trinajstić information content (AvgIpc) is 3.00. The summed E-state index contributed by atoms with van der Waals surface area (Å²) in [5.74, 6) is -2.47. The van der Waals surface area contributed by atoms with Crippen LogP contribution in [-0.2, 0) is 9.59 Å². The van der Waals surface area contributed by atoms with Crippen LogP contribution >= 0.6 is 11.6 Å². The van der Waals surface area contributed by atoms with E-state index in [4.69, 9.17) is 16.0 Å². The Morgan fingerprint density at radius 3 is 2.60 bits per heavy atom. The molecule has 9 nitrogen and oxygen atoms in total. The summed E-state index contributed by atoms with van der Waals surface area (Å²) in [6, 6.07) is 7.32. The number of barbiturate groups is 1. The number of carbonyl (C=O) groups is 3. The second kappa shape index (κ2) is 6.21. The molecule has 2 heterocycles.